The van der Waals surface area contributed by atoms with Crippen LogP contribution in [0.25, 0.3) is 5.76 Å². The van der Waals surface area contributed by atoms with Crippen molar-refractivity contribution in [3.8, 4) is 6.07 Å². The first-order valence-electron chi connectivity index (χ1n) is 10.4. The van der Waals surface area contributed by atoms with E-state index < -0.39 is 0 Å². The Labute approximate surface area is 181 Å². The van der Waals surface area contributed by atoms with Crippen LogP contribution in [0.2, 0.25) is 0 Å². The van der Waals surface area contributed by atoms with E-state index in [0.717, 1.165) is 31.5 Å². The maximum absolute atomic E-state index is 13.4. The fourth-order valence-electron chi connectivity index (χ4n) is 3.76. The number of ketones is 1. The van der Waals surface area contributed by atoms with E-state index in [0.29, 0.717) is 39.9 Å². The average molecular weight is 417 g/mol. The summed E-state index contributed by atoms with van der Waals surface area (Å²) in [5.74, 6) is 1.78. The highest BCUT2D eigenvalue weighted by Gasteiger charge is 2.28. The lowest BCUT2D eigenvalue weighted by molar-refractivity contribution is 0.103. The van der Waals surface area contributed by atoms with Crippen molar-refractivity contribution >= 4 is 23.3 Å². The molecule has 0 aliphatic carbocycles. The number of likely N-dealkylation sites (tertiary alicyclic amines) is 1. The highest BCUT2D eigenvalue weighted by Crippen LogP contribution is 2.37. The first kappa shape index (κ1) is 20.3. The molecule has 4 rings (SSSR count). The second-order valence-electron chi connectivity index (χ2n) is 7.36. The van der Waals surface area contributed by atoms with Crippen molar-refractivity contribution in [2.75, 3.05) is 18.8 Å². The molecular formula is C25H24N2O2S. The van der Waals surface area contributed by atoms with Gasteiger partial charge in [-0.1, -0.05) is 60.7 Å². The number of allylic oxidation sites excluding steroid dienone is 2. The molecule has 2 aromatic carbocycles. The van der Waals surface area contributed by atoms with Gasteiger partial charge >= 0.3 is 0 Å². The lowest BCUT2D eigenvalue weighted by Crippen LogP contribution is -2.31. The summed E-state index contributed by atoms with van der Waals surface area (Å²) in [6.07, 6.45) is 3.95. The van der Waals surface area contributed by atoms with Crippen molar-refractivity contribution in [3.05, 3.63) is 88.2 Å². The molecule has 1 saturated heterocycles. The van der Waals surface area contributed by atoms with Crippen LogP contribution in [0.15, 0.2) is 77.0 Å². The van der Waals surface area contributed by atoms with Crippen molar-refractivity contribution in [2.45, 2.75) is 25.7 Å². The third-order valence-corrected chi connectivity index (χ3v) is 6.39. The zero-order valence-electron chi connectivity index (χ0n) is 16.8. The molecule has 0 saturated carbocycles. The third-order valence-electron chi connectivity index (χ3n) is 5.32. The molecule has 2 aromatic rings. The quantitative estimate of drug-likeness (QED) is 0.606. The van der Waals surface area contributed by atoms with Crippen LogP contribution in [0.5, 0.6) is 0 Å². The van der Waals surface area contributed by atoms with Crippen LogP contribution >= 0.6 is 11.8 Å². The molecule has 0 aromatic heterocycles. The van der Waals surface area contributed by atoms with E-state index in [1.54, 1.807) is 0 Å². The molecule has 2 aliphatic rings. The number of nitriles is 1. The molecule has 0 unspecified atom stereocenters. The van der Waals surface area contributed by atoms with Crippen molar-refractivity contribution in [1.29, 1.82) is 5.26 Å². The second kappa shape index (κ2) is 9.69. The number of carbonyl (C=O) groups excluding carboxylic acids is 1. The van der Waals surface area contributed by atoms with Crippen LogP contribution in [0.1, 0.15) is 41.6 Å². The summed E-state index contributed by atoms with van der Waals surface area (Å²) in [5, 5.41) is 9.81. The van der Waals surface area contributed by atoms with Crippen molar-refractivity contribution in [1.82, 2.24) is 4.90 Å². The van der Waals surface area contributed by atoms with Crippen molar-refractivity contribution < 1.29 is 9.53 Å². The van der Waals surface area contributed by atoms with Gasteiger partial charge in [0.25, 0.3) is 0 Å². The maximum Gasteiger partial charge on any atom is 0.209 e. The first-order chi connectivity index (χ1) is 14.8. The van der Waals surface area contributed by atoms with E-state index in [1.807, 2.05) is 60.7 Å². The molecule has 30 heavy (non-hydrogen) atoms. The molecule has 0 amide bonds. The molecule has 4 nitrogen and oxygen atoms in total. The predicted molar refractivity (Wildman–Crippen MR) is 120 cm³/mol. The van der Waals surface area contributed by atoms with Gasteiger partial charge in [-0.05, 0) is 25.7 Å². The summed E-state index contributed by atoms with van der Waals surface area (Å²) in [6.45, 7) is 1.75. The first-order valence-corrected chi connectivity index (χ1v) is 11.3. The number of carbonyl (C=O) groups is 1. The molecule has 0 atom stereocenters. The number of hydrogen-bond acceptors (Lipinski definition) is 5. The summed E-state index contributed by atoms with van der Waals surface area (Å²) in [6, 6.07) is 21.4. The summed E-state index contributed by atoms with van der Waals surface area (Å²) in [4.78, 5) is 16.2. The van der Waals surface area contributed by atoms with Gasteiger partial charge in [0.2, 0.25) is 11.7 Å². The third kappa shape index (κ3) is 4.44. The van der Waals surface area contributed by atoms with Crippen LogP contribution in [0, 0.1) is 11.3 Å². The van der Waals surface area contributed by atoms with E-state index >= 15 is 0 Å². The van der Waals surface area contributed by atoms with Gasteiger partial charge in [0.15, 0.2) is 5.76 Å². The van der Waals surface area contributed by atoms with Gasteiger partial charge in [-0.2, -0.15) is 5.26 Å². The molecule has 0 spiro atoms. The maximum atomic E-state index is 13.4. The number of Topliss-reactive ketones (excluding diaryl/α,β-unsaturated/α-hetero) is 1. The van der Waals surface area contributed by atoms with Gasteiger partial charge in [-0.3, -0.25) is 4.79 Å². The second-order valence-corrected chi connectivity index (χ2v) is 8.47. The van der Waals surface area contributed by atoms with Gasteiger partial charge in [0.05, 0.1) is 10.5 Å². The van der Waals surface area contributed by atoms with Gasteiger partial charge in [0.1, 0.15) is 6.07 Å². The Hall–Kier alpha value is -2.97. The van der Waals surface area contributed by atoms with Crippen LogP contribution in [0.3, 0.4) is 0 Å². The number of nitrogens with zero attached hydrogens (tertiary/aromatic N) is 2. The standard InChI is InChI=1S/C25H24N2O2S/c26-18-21-14-17-30-24(22(28)19-10-4-1-5-11-19)23(20-12-6-2-7-13-20)29-25(21)27-15-8-3-9-16-27/h1-2,4-7,10-13H,3,8-9,14-17H2/b24-23-,25-21+. The predicted octanol–water partition coefficient (Wildman–Crippen LogP) is 5.61. The summed E-state index contributed by atoms with van der Waals surface area (Å²) < 4.78 is 6.50. The Kier molecular flexibility index (Phi) is 6.56. The van der Waals surface area contributed by atoms with Crippen molar-refractivity contribution in [2.24, 2.45) is 0 Å². The van der Waals surface area contributed by atoms with E-state index in [2.05, 4.69) is 11.0 Å². The zero-order chi connectivity index (χ0) is 20.8. The van der Waals surface area contributed by atoms with Crippen LogP contribution in [0.4, 0.5) is 0 Å². The Bertz CT molecular complexity index is 1000. The highest BCUT2D eigenvalue weighted by atomic mass is 32.2. The molecule has 5 heteroatoms. The Balaban J connectivity index is 1.83. The lowest BCUT2D eigenvalue weighted by atomic mass is 10.1. The van der Waals surface area contributed by atoms with Gasteiger partial charge < -0.3 is 9.64 Å². The molecular weight excluding hydrogens is 392 g/mol. The Morgan fingerprint density at radius 3 is 2.30 bits per heavy atom. The number of hydrogen-bond donors (Lipinski definition) is 0. The molecule has 2 aliphatic heterocycles. The topological polar surface area (TPSA) is 53.3 Å². The van der Waals surface area contributed by atoms with Crippen LogP contribution in [-0.4, -0.2) is 29.5 Å². The number of piperidine rings is 1. The lowest BCUT2D eigenvalue weighted by Gasteiger charge is -2.33. The monoisotopic (exact) mass is 416 g/mol. The van der Waals surface area contributed by atoms with E-state index in [1.165, 1.54) is 18.2 Å². The highest BCUT2D eigenvalue weighted by molar-refractivity contribution is 8.04. The molecule has 152 valence electrons. The van der Waals surface area contributed by atoms with E-state index in [4.69, 9.17) is 4.74 Å². The fourth-order valence-corrected chi connectivity index (χ4v) is 4.81. The van der Waals surface area contributed by atoms with Gasteiger partial charge in [-0.25, -0.2) is 0 Å². The number of ether oxygens (including phenoxy) is 1. The smallest absolute Gasteiger partial charge is 0.209 e. The number of benzene rings is 2. The average Bonchev–Trinajstić information content (AvgIpc) is 2.81. The molecule has 1 fully saturated rings. The minimum Gasteiger partial charge on any atom is -0.438 e. The van der Waals surface area contributed by atoms with Crippen LogP contribution in [-0.2, 0) is 4.74 Å². The van der Waals surface area contributed by atoms with E-state index in [9.17, 15) is 10.1 Å². The minimum atomic E-state index is -0.0437. The zero-order valence-corrected chi connectivity index (χ0v) is 17.7. The fraction of sp³-hybridized carbons (Fsp3) is 0.280. The molecule has 2 heterocycles. The molecule has 0 bridgehead atoms. The van der Waals surface area contributed by atoms with Crippen molar-refractivity contribution in [3.63, 3.8) is 0 Å². The van der Waals surface area contributed by atoms with Gasteiger partial charge in [0, 0.05) is 30.0 Å². The number of rotatable bonds is 4. The van der Waals surface area contributed by atoms with Crippen LogP contribution < -0.4 is 0 Å². The summed E-state index contributed by atoms with van der Waals surface area (Å²) in [5.41, 5.74) is 2.14. The van der Waals surface area contributed by atoms with Gasteiger partial charge in [-0.15, -0.1) is 11.8 Å². The normalized spacial score (nSPS) is 22.4. The SMILES string of the molecule is N#C/C1=C(\N2CCCCC2)O/C(c2ccccc2)=C(/C(=O)c2ccccc2)SCC1. The summed E-state index contributed by atoms with van der Waals surface area (Å²) >= 11 is 1.47. The number of thioether (sulfide) groups is 1. The van der Waals surface area contributed by atoms with E-state index in [-0.39, 0.29) is 5.78 Å². The molecule has 0 N–H and O–H groups in total. The summed E-state index contributed by atoms with van der Waals surface area (Å²) in [7, 11) is 0. The minimum absolute atomic E-state index is 0.0437. The Morgan fingerprint density at radius 1 is 0.967 bits per heavy atom. The Morgan fingerprint density at radius 2 is 1.63 bits per heavy atom. The largest absolute Gasteiger partial charge is 0.438 e. The molecule has 0 radical (unpaired) electrons.